The van der Waals surface area contributed by atoms with E-state index in [1.165, 1.54) is 12.4 Å². The highest BCUT2D eigenvalue weighted by Crippen LogP contribution is 2.18. The van der Waals surface area contributed by atoms with Gasteiger partial charge in [0.25, 0.3) is 0 Å². The molecule has 0 aliphatic heterocycles. The Labute approximate surface area is 115 Å². The zero-order chi connectivity index (χ0) is 13.7. The number of halogens is 1. The van der Waals surface area contributed by atoms with Crippen molar-refractivity contribution >= 4 is 23.3 Å². The summed E-state index contributed by atoms with van der Waals surface area (Å²) in [4.78, 5) is 19.6. The fourth-order valence-electron chi connectivity index (χ4n) is 1.59. The number of amides is 1. The van der Waals surface area contributed by atoms with Crippen LogP contribution in [-0.4, -0.2) is 23.0 Å². The molecule has 19 heavy (non-hydrogen) atoms. The molecule has 0 saturated carbocycles. The molecule has 6 heteroatoms. The summed E-state index contributed by atoms with van der Waals surface area (Å²) < 4.78 is 5.19. The maximum atomic E-state index is 11.9. The van der Waals surface area contributed by atoms with E-state index < -0.39 is 0 Å². The lowest BCUT2D eigenvalue weighted by molar-refractivity contribution is -0.115. The molecule has 1 amide bonds. The van der Waals surface area contributed by atoms with Gasteiger partial charge in [-0.3, -0.25) is 4.79 Å². The van der Waals surface area contributed by atoms with Gasteiger partial charge in [0.2, 0.25) is 5.91 Å². The van der Waals surface area contributed by atoms with Crippen molar-refractivity contribution in [2.45, 2.75) is 6.42 Å². The van der Waals surface area contributed by atoms with Crippen molar-refractivity contribution in [2.24, 2.45) is 0 Å². The summed E-state index contributed by atoms with van der Waals surface area (Å²) in [5.74, 6) is 0.852. The number of para-hydroxylation sites is 1. The number of benzene rings is 1. The number of ether oxygens (including phenoxy) is 1. The highest BCUT2D eigenvalue weighted by Gasteiger charge is 2.09. The summed E-state index contributed by atoms with van der Waals surface area (Å²) in [6.45, 7) is 0. The van der Waals surface area contributed by atoms with Crippen molar-refractivity contribution in [1.29, 1.82) is 0 Å². The number of aromatic nitrogens is 2. The quantitative estimate of drug-likeness (QED) is 0.931. The van der Waals surface area contributed by atoms with Gasteiger partial charge < -0.3 is 10.1 Å². The first-order valence-corrected chi connectivity index (χ1v) is 5.96. The molecule has 0 spiro atoms. The van der Waals surface area contributed by atoms with Crippen molar-refractivity contribution in [3.05, 3.63) is 47.4 Å². The Bertz CT molecular complexity index is 572. The Morgan fingerprint density at radius 3 is 2.79 bits per heavy atom. The van der Waals surface area contributed by atoms with Crippen LogP contribution in [0, 0.1) is 0 Å². The van der Waals surface area contributed by atoms with Crippen LogP contribution in [-0.2, 0) is 11.2 Å². The molecule has 0 unspecified atom stereocenters. The molecule has 0 fully saturated rings. The molecule has 5 nitrogen and oxygen atoms in total. The van der Waals surface area contributed by atoms with Crippen molar-refractivity contribution in [1.82, 2.24) is 9.97 Å². The van der Waals surface area contributed by atoms with Gasteiger partial charge in [0.05, 0.1) is 25.9 Å². The largest absolute Gasteiger partial charge is 0.496 e. The third-order valence-corrected chi connectivity index (χ3v) is 2.63. The van der Waals surface area contributed by atoms with E-state index in [-0.39, 0.29) is 17.5 Å². The second-order valence-corrected chi connectivity index (χ2v) is 4.15. The smallest absolute Gasteiger partial charge is 0.230 e. The molecule has 2 aromatic rings. The molecule has 1 aromatic heterocycles. The van der Waals surface area contributed by atoms with Crippen LogP contribution in [0.5, 0.6) is 5.75 Å². The zero-order valence-corrected chi connectivity index (χ0v) is 11.0. The predicted molar refractivity (Wildman–Crippen MR) is 72.4 cm³/mol. The summed E-state index contributed by atoms with van der Waals surface area (Å²) in [5, 5.41) is 2.92. The van der Waals surface area contributed by atoms with Crippen molar-refractivity contribution in [3.8, 4) is 5.75 Å². The Hall–Kier alpha value is -2.14. The monoisotopic (exact) mass is 277 g/mol. The van der Waals surface area contributed by atoms with Crippen LogP contribution in [0.4, 0.5) is 5.82 Å². The highest BCUT2D eigenvalue weighted by molar-refractivity contribution is 6.29. The first kappa shape index (κ1) is 13.3. The van der Waals surface area contributed by atoms with Gasteiger partial charge >= 0.3 is 0 Å². The number of rotatable bonds is 4. The van der Waals surface area contributed by atoms with E-state index in [2.05, 4.69) is 15.3 Å². The van der Waals surface area contributed by atoms with E-state index >= 15 is 0 Å². The van der Waals surface area contributed by atoms with E-state index in [1.807, 2.05) is 24.3 Å². The normalized spacial score (nSPS) is 10.0. The molecule has 0 saturated heterocycles. The third kappa shape index (κ3) is 3.66. The molecule has 0 radical (unpaired) electrons. The number of hydrogen-bond acceptors (Lipinski definition) is 4. The van der Waals surface area contributed by atoms with E-state index in [0.29, 0.717) is 11.6 Å². The minimum Gasteiger partial charge on any atom is -0.496 e. The molecular formula is C13H12ClN3O2. The number of nitrogens with zero attached hydrogens (tertiary/aromatic N) is 2. The van der Waals surface area contributed by atoms with Gasteiger partial charge in [0.15, 0.2) is 5.82 Å². The lowest BCUT2D eigenvalue weighted by Gasteiger charge is -2.08. The van der Waals surface area contributed by atoms with Gasteiger partial charge in [0, 0.05) is 5.56 Å². The summed E-state index contributed by atoms with van der Waals surface area (Å²) in [6.07, 6.45) is 2.98. The number of methoxy groups -OCH3 is 1. The predicted octanol–water partition coefficient (Wildman–Crippen LogP) is 2.32. The van der Waals surface area contributed by atoms with E-state index in [1.54, 1.807) is 7.11 Å². The second-order valence-electron chi connectivity index (χ2n) is 3.76. The molecule has 0 aliphatic carbocycles. The first-order chi connectivity index (χ1) is 9.19. The maximum Gasteiger partial charge on any atom is 0.230 e. The average molecular weight is 278 g/mol. The molecular weight excluding hydrogens is 266 g/mol. The fourth-order valence-corrected chi connectivity index (χ4v) is 1.68. The van der Waals surface area contributed by atoms with Crippen LogP contribution in [0.3, 0.4) is 0 Å². The molecule has 1 heterocycles. The summed E-state index contributed by atoms with van der Waals surface area (Å²) >= 11 is 5.61. The number of carbonyl (C=O) groups is 1. The molecule has 1 N–H and O–H groups in total. The van der Waals surface area contributed by atoms with Gasteiger partial charge in [-0.05, 0) is 6.07 Å². The standard InChI is InChI=1S/C13H12ClN3O2/c1-19-10-5-3-2-4-9(10)6-13(18)17-12-8-15-11(14)7-16-12/h2-5,7-8H,6H2,1H3,(H,16,17,18). The van der Waals surface area contributed by atoms with Crippen molar-refractivity contribution < 1.29 is 9.53 Å². The fraction of sp³-hybridized carbons (Fsp3) is 0.154. The first-order valence-electron chi connectivity index (χ1n) is 5.58. The molecule has 2 rings (SSSR count). The van der Waals surface area contributed by atoms with Crippen molar-refractivity contribution in [3.63, 3.8) is 0 Å². The van der Waals surface area contributed by atoms with Crippen LogP contribution >= 0.6 is 11.6 Å². The molecule has 0 bridgehead atoms. The van der Waals surface area contributed by atoms with E-state index in [9.17, 15) is 4.79 Å². The van der Waals surface area contributed by atoms with E-state index in [0.717, 1.165) is 5.56 Å². The SMILES string of the molecule is COc1ccccc1CC(=O)Nc1cnc(Cl)cn1. The Morgan fingerprint density at radius 1 is 1.32 bits per heavy atom. The van der Waals surface area contributed by atoms with E-state index in [4.69, 9.17) is 16.3 Å². The highest BCUT2D eigenvalue weighted by atomic mass is 35.5. The molecule has 98 valence electrons. The lowest BCUT2D eigenvalue weighted by atomic mass is 10.1. The molecule has 1 aromatic carbocycles. The van der Waals surface area contributed by atoms with Crippen LogP contribution in [0.1, 0.15) is 5.56 Å². The van der Waals surface area contributed by atoms with Crippen molar-refractivity contribution in [2.75, 3.05) is 12.4 Å². The lowest BCUT2D eigenvalue weighted by Crippen LogP contribution is -2.15. The minimum atomic E-state index is -0.193. The third-order valence-electron chi connectivity index (χ3n) is 2.43. The number of carbonyl (C=O) groups excluding carboxylic acids is 1. The van der Waals surface area contributed by atoms with Gasteiger partial charge in [-0.25, -0.2) is 9.97 Å². The van der Waals surface area contributed by atoms with Gasteiger partial charge in [-0.15, -0.1) is 0 Å². The van der Waals surface area contributed by atoms with Gasteiger partial charge in [0.1, 0.15) is 10.9 Å². The van der Waals surface area contributed by atoms with Crippen LogP contribution in [0.15, 0.2) is 36.7 Å². The second kappa shape index (κ2) is 6.15. The topological polar surface area (TPSA) is 64.1 Å². The Balaban J connectivity index is 2.03. The molecule has 0 aliphatic rings. The van der Waals surface area contributed by atoms with Crippen LogP contribution in [0.25, 0.3) is 0 Å². The zero-order valence-electron chi connectivity index (χ0n) is 10.3. The van der Waals surface area contributed by atoms with Crippen LogP contribution in [0.2, 0.25) is 5.15 Å². The Morgan fingerprint density at radius 2 is 2.11 bits per heavy atom. The minimum absolute atomic E-state index is 0.193. The van der Waals surface area contributed by atoms with Gasteiger partial charge in [-0.2, -0.15) is 0 Å². The average Bonchev–Trinajstić information content (AvgIpc) is 2.42. The number of nitrogens with one attached hydrogen (secondary N) is 1. The van der Waals surface area contributed by atoms with Crippen LogP contribution < -0.4 is 10.1 Å². The summed E-state index contributed by atoms with van der Waals surface area (Å²) in [7, 11) is 1.57. The Kier molecular flexibility index (Phi) is 4.30. The summed E-state index contributed by atoms with van der Waals surface area (Å²) in [5.41, 5.74) is 0.810. The number of anilines is 1. The number of hydrogen-bond donors (Lipinski definition) is 1. The van der Waals surface area contributed by atoms with Gasteiger partial charge in [-0.1, -0.05) is 29.8 Å². The summed E-state index contributed by atoms with van der Waals surface area (Å²) in [6, 6.07) is 7.36. The molecule has 0 atom stereocenters. The maximum absolute atomic E-state index is 11.9.